The van der Waals surface area contributed by atoms with Crippen LogP contribution in [0.2, 0.25) is 0 Å². The van der Waals surface area contributed by atoms with Crippen molar-refractivity contribution in [3.05, 3.63) is 59.3 Å². The number of nitrogens with one attached hydrogen (secondary N) is 1. The van der Waals surface area contributed by atoms with E-state index in [0.717, 1.165) is 63.1 Å². The van der Waals surface area contributed by atoms with Crippen LogP contribution in [0, 0.1) is 0 Å². The zero-order valence-electron chi connectivity index (χ0n) is 17.2. The summed E-state index contributed by atoms with van der Waals surface area (Å²) in [6.07, 6.45) is 3.28. The molecular formula is C22H30IN5O. The second kappa shape index (κ2) is 10.2. The molecule has 4 rings (SSSR count). The van der Waals surface area contributed by atoms with Crippen molar-refractivity contribution >= 4 is 35.8 Å². The average Bonchev–Trinajstić information content (AvgIpc) is 2.74. The number of hydrogen-bond donors (Lipinski definition) is 1. The summed E-state index contributed by atoms with van der Waals surface area (Å²) in [6.45, 7) is 7.28. The van der Waals surface area contributed by atoms with Crippen molar-refractivity contribution in [1.29, 1.82) is 0 Å². The van der Waals surface area contributed by atoms with Gasteiger partial charge in [-0.05, 0) is 36.1 Å². The van der Waals surface area contributed by atoms with Crippen molar-refractivity contribution < 1.29 is 4.74 Å². The zero-order chi connectivity index (χ0) is 19.3. The number of fused-ring (bicyclic) bond motifs is 1. The van der Waals surface area contributed by atoms with Crippen LogP contribution < -0.4 is 10.2 Å². The van der Waals surface area contributed by atoms with Gasteiger partial charge in [0.1, 0.15) is 5.82 Å². The van der Waals surface area contributed by atoms with Crippen molar-refractivity contribution in [3.63, 3.8) is 0 Å². The number of morpholine rings is 1. The van der Waals surface area contributed by atoms with Crippen molar-refractivity contribution in [1.82, 2.24) is 15.2 Å². The fraction of sp³-hybridized carbons (Fsp3) is 0.455. The van der Waals surface area contributed by atoms with Gasteiger partial charge in [-0.2, -0.15) is 0 Å². The summed E-state index contributed by atoms with van der Waals surface area (Å²) in [4.78, 5) is 13.8. The predicted molar refractivity (Wildman–Crippen MR) is 128 cm³/mol. The van der Waals surface area contributed by atoms with E-state index in [1.54, 1.807) is 0 Å². The summed E-state index contributed by atoms with van der Waals surface area (Å²) in [5.74, 6) is 1.97. The number of aromatic nitrogens is 1. The Balaban J connectivity index is 0.00000240. The number of anilines is 1. The molecule has 1 saturated heterocycles. The minimum atomic E-state index is 0. The van der Waals surface area contributed by atoms with Crippen molar-refractivity contribution in [2.45, 2.75) is 32.5 Å². The second-order valence-corrected chi connectivity index (χ2v) is 7.49. The highest BCUT2D eigenvalue weighted by atomic mass is 127. The van der Waals surface area contributed by atoms with Gasteiger partial charge in [0.2, 0.25) is 0 Å². The molecule has 2 aromatic rings. The Bertz CT molecular complexity index is 826. The minimum Gasteiger partial charge on any atom is -0.375 e. The highest BCUT2D eigenvalue weighted by molar-refractivity contribution is 14.0. The van der Waals surface area contributed by atoms with E-state index in [9.17, 15) is 0 Å². The van der Waals surface area contributed by atoms with Crippen LogP contribution in [0.4, 0.5) is 5.82 Å². The lowest BCUT2D eigenvalue weighted by molar-refractivity contribution is 0.0529. The fourth-order valence-corrected chi connectivity index (χ4v) is 3.92. The largest absolute Gasteiger partial charge is 0.375 e. The van der Waals surface area contributed by atoms with E-state index in [4.69, 9.17) is 4.74 Å². The Kier molecular flexibility index (Phi) is 7.71. The van der Waals surface area contributed by atoms with Gasteiger partial charge in [-0.25, -0.2) is 4.98 Å². The van der Waals surface area contributed by atoms with Gasteiger partial charge in [0, 0.05) is 46.0 Å². The van der Waals surface area contributed by atoms with E-state index in [0.29, 0.717) is 0 Å². The first-order chi connectivity index (χ1) is 13.7. The van der Waals surface area contributed by atoms with Gasteiger partial charge >= 0.3 is 0 Å². The molecule has 1 atom stereocenters. The Morgan fingerprint density at radius 1 is 1.21 bits per heavy atom. The molecule has 0 spiro atoms. The van der Waals surface area contributed by atoms with Crippen LogP contribution in [0.3, 0.4) is 0 Å². The summed E-state index contributed by atoms with van der Waals surface area (Å²) in [6, 6.07) is 12.9. The molecule has 7 heteroatoms. The average molecular weight is 507 g/mol. The number of ether oxygens (including phenoxy) is 1. The van der Waals surface area contributed by atoms with E-state index in [1.165, 1.54) is 11.1 Å². The summed E-state index contributed by atoms with van der Waals surface area (Å²) < 4.78 is 5.61. The smallest absolute Gasteiger partial charge is 0.194 e. The molecule has 0 amide bonds. The number of hydrogen-bond acceptors (Lipinski definition) is 4. The molecule has 2 aliphatic rings. The second-order valence-electron chi connectivity index (χ2n) is 7.49. The van der Waals surface area contributed by atoms with Crippen LogP contribution in [0.5, 0.6) is 0 Å². The first-order valence-corrected chi connectivity index (χ1v) is 10.1. The zero-order valence-corrected chi connectivity index (χ0v) is 19.5. The summed E-state index contributed by atoms with van der Waals surface area (Å²) >= 11 is 0. The molecule has 1 aromatic heterocycles. The number of benzene rings is 1. The quantitative estimate of drug-likeness (QED) is 0.394. The van der Waals surface area contributed by atoms with E-state index < -0.39 is 0 Å². The van der Waals surface area contributed by atoms with Crippen LogP contribution >= 0.6 is 24.0 Å². The van der Waals surface area contributed by atoms with Crippen molar-refractivity contribution in [2.75, 3.05) is 38.2 Å². The standard InChI is InChI=1S/C22H29N5O.HI/c1-17-15-26(11-12-28-17)21-8-7-18(13-24-21)14-25-22(23-2)27-10-9-19-5-3-4-6-20(19)16-27;/h3-8,13,17H,9-12,14-16H2,1-2H3,(H,23,25);1H. The maximum atomic E-state index is 5.61. The van der Waals surface area contributed by atoms with Gasteiger partial charge in [-0.3, -0.25) is 4.99 Å². The Hall–Kier alpha value is -1.87. The van der Waals surface area contributed by atoms with Crippen LogP contribution in [0.1, 0.15) is 23.6 Å². The summed E-state index contributed by atoms with van der Waals surface area (Å²) in [5, 5.41) is 3.49. The third-order valence-electron chi connectivity index (χ3n) is 5.47. The number of guanidine groups is 1. The van der Waals surface area contributed by atoms with Gasteiger partial charge in [0.25, 0.3) is 0 Å². The molecule has 29 heavy (non-hydrogen) atoms. The van der Waals surface area contributed by atoms with Gasteiger partial charge in [-0.1, -0.05) is 30.3 Å². The van der Waals surface area contributed by atoms with Crippen LogP contribution in [0.25, 0.3) is 0 Å². The van der Waals surface area contributed by atoms with Crippen LogP contribution in [-0.4, -0.2) is 55.2 Å². The van der Waals surface area contributed by atoms with Gasteiger partial charge in [0.05, 0.1) is 12.7 Å². The molecule has 1 N–H and O–H groups in total. The molecule has 156 valence electrons. The lowest BCUT2D eigenvalue weighted by atomic mass is 10.0. The lowest BCUT2D eigenvalue weighted by Gasteiger charge is -2.32. The first-order valence-electron chi connectivity index (χ1n) is 10.1. The molecule has 0 radical (unpaired) electrons. The molecule has 3 heterocycles. The molecule has 1 unspecified atom stereocenters. The van der Waals surface area contributed by atoms with Gasteiger partial charge in [-0.15, -0.1) is 24.0 Å². The van der Waals surface area contributed by atoms with Gasteiger partial charge in [0.15, 0.2) is 5.96 Å². The molecule has 0 aliphatic carbocycles. The maximum absolute atomic E-state index is 5.61. The Labute approximate surface area is 190 Å². The summed E-state index contributed by atoms with van der Waals surface area (Å²) in [7, 11) is 1.85. The highest BCUT2D eigenvalue weighted by Crippen LogP contribution is 2.19. The third kappa shape index (κ3) is 5.39. The first kappa shape index (κ1) is 21.8. The highest BCUT2D eigenvalue weighted by Gasteiger charge is 2.19. The number of halogens is 1. The van der Waals surface area contributed by atoms with E-state index >= 15 is 0 Å². The molecule has 6 nitrogen and oxygen atoms in total. The van der Waals surface area contributed by atoms with Crippen molar-refractivity contribution in [2.24, 2.45) is 4.99 Å². The number of rotatable bonds is 3. The van der Waals surface area contributed by atoms with E-state index in [1.807, 2.05) is 13.2 Å². The SMILES string of the molecule is CN=C(NCc1ccc(N2CCOC(C)C2)nc1)N1CCc2ccccc2C1.I. The molecule has 0 saturated carbocycles. The normalized spacial score (nSPS) is 19.4. The Morgan fingerprint density at radius 2 is 2.03 bits per heavy atom. The van der Waals surface area contributed by atoms with Crippen LogP contribution in [0.15, 0.2) is 47.6 Å². The number of pyridine rings is 1. The Morgan fingerprint density at radius 3 is 2.76 bits per heavy atom. The molecule has 1 fully saturated rings. The topological polar surface area (TPSA) is 53.0 Å². The molecule has 2 aliphatic heterocycles. The monoisotopic (exact) mass is 507 g/mol. The number of aliphatic imine (C=N–C) groups is 1. The molecular weight excluding hydrogens is 477 g/mol. The molecule has 1 aromatic carbocycles. The predicted octanol–water partition coefficient (Wildman–Crippen LogP) is 3.06. The van der Waals surface area contributed by atoms with Crippen molar-refractivity contribution in [3.8, 4) is 0 Å². The van der Waals surface area contributed by atoms with Gasteiger partial charge < -0.3 is 19.9 Å². The van der Waals surface area contributed by atoms with E-state index in [-0.39, 0.29) is 30.1 Å². The maximum Gasteiger partial charge on any atom is 0.194 e. The molecule has 0 bridgehead atoms. The lowest BCUT2D eigenvalue weighted by Crippen LogP contribution is -2.43. The van der Waals surface area contributed by atoms with Crippen LogP contribution in [-0.2, 0) is 24.2 Å². The third-order valence-corrected chi connectivity index (χ3v) is 5.47. The fourth-order valence-electron chi connectivity index (χ4n) is 3.92. The number of nitrogens with zero attached hydrogens (tertiary/aromatic N) is 4. The minimum absolute atomic E-state index is 0. The van der Waals surface area contributed by atoms with E-state index in [2.05, 4.69) is 68.4 Å². The summed E-state index contributed by atoms with van der Waals surface area (Å²) in [5.41, 5.74) is 4.00.